The largest absolute Gasteiger partial charge is 0.369 e. The zero-order chi connectivity index (χ0) is 18.7. The van der Waals surface area contributed by atoms with Crippen LogP contribution in [0.5, 0.6) is 0 Å². The van der Waals surface area contributed by atoms with Gasteiger partial charge in [0.2, 0.25) is 5.91 Å². The lowest BCUT2D eigenvalue weighted by atomic mass is 10.2. The number of carbonyl (C=O) groups excluding carboxylic acids is 2. The van der Waals surface area contributed by atoms with Gasteiger partial charge in [-0.1, -0.05) is 42.1 Å². The molecule has 0 spiro atoms. The van der Waals surface area contributed by atoms with Crippen molar-refractivity contribution in [2.75, 3.05) is 4.90 Å². The Bertz CT molecular complexity index is 895. The smallest absolute Gasteiger partial charge is 0.283 e. The molecule has 2 amide bonds. The lowest BCUT2D eigenvalue weighted by Crippen LogP contribution is -2.33. The van der Waals surface area contributed by atoms with E-state index in [4.69, 9.17) is 5.73 Å². The fraction of sp³-hybridized carbons (Fsp3) is 0.105. The predicted molar refractivity (Wildman–Crippen MR) is 102 cm³/mol. The molecule has 1 unspecified atom stereocenters. The van der Waals surface area contributed by atoms with Gasteiger partial charge in [-0.05, 0) is 42.8 Å². The number of rotatable bonds is 4. The molecule has 0 saturated carbocycles. The molecule has 7 heteroatoms. The summed E-state index contributed by atoms with van der Waals surface area (Å²) in [5.74, 6) is -1.26. The van der Waals surface area contributed by atoms with Gasteiger partial charge in [0.15, 0.2) is 5.17 Å². The third kappa shape index (κ3) is 3.83. The summed E-state index contributed by atoms with van der Waals surface area (Å²) in [5, 5.41) is -0.240. The van der Waals surface area contributed by atoms with Crippen molar-refractivity contribution in [3.05, 3.63) is 71.7 Å². The second-order valence-electron chi connectivity index (χ2n) is 5.61. The van der Waals surface area contributed by atoms with Crippen LogP contribution >= 0.6 is 11.8 Å². The van der Waals surface area contributed by atoms with Crippen molar-refractivity contribution in [1.82, 2.24) is 0 Å². The Morgan fingerprint density at radius 2 is 1.85 bits per heavy atom. The summed E-state index contributed by atoms with van der Waals surface area (Å²) >= 11 is 1.09. The minimum Gasteiger partial charge on any atom is -0.369 e. The van der Waals surface area contributed by atoms with Crippen LogP contribution in [0.1, 0.15) is 12.5 Å². The van der Waals surface area contributed by atoms with Crippen molar-refractivity contribution in [3.8, 4) is 0 Å². The third-order valence-corrected chi connectivity index (χ3v) is 4.77. The van der Waals surface area contributed by atoms with Crippen LogP contribution in [-0.4, -0.2) is 22.2 Å². The fourth-order valence-corrected chi connectivity index (χ4v) is 3.19. The van der Waals surface area contributed by atoms with Crippen LogP contribution in [0.2, 0.25) is 0 Å². The zero-order valence-corrected chi connectivity index (χ0v) is 14.7. The standard InChI is InChI=1S/C19H16FN3O2S/c1-12(17(21)24)26-19-22-16(11-13-5-3-2-4-6-13)18(25)23(19)15-9-7-14(20)8-10-15/h2-12H,1H3,(H2,21,24)/b16-11-. The van der Waals surface area contributed by atoms with E-state index >= 15 is 0 Å². The highest BCUT2D eigenvalue weighted by molar-refractivity contribution is 8.15. The lowest BCUT2D eigenvalue weighted by Gasteiger charge is -2.19. The topological polar surface area (TPSA) is 75.8 Å². The summed E-state index contributed by atoms with van der Waals surface area (Å²) in [7, 11) is 0. The van der Waals surface area contributed by atoms with E-state index in [9.17, 15) is 14.0 Å². The van der Waals surface area contributed by atoms with Crippen molar-refractivity contribution in [3.63, 3.8) is 0 Å². The number of anilines is 1. The summed E-state index contributed by atoms with van der Waals surface area (Å²) in [6.45, 7) is 1.64. The zero-order valence-electron chi connectivity index (χ0n) is 13.9. The van der Waals surface area contributed by atoms with Gasteiger partial charge in [-0.25, -0.2) is 9.38 Å². The first-order valence-electron chi connectivity index (χ1n) is 7.87. The molecule has 5 nitrogen and oxygen atoms in total. The maximum atomic E-state index is 13.2. The van der Waals surface area contributed by atoms with E-state index in [0.29, 0.717) is 10.9 Å². The number of thioether (sulfide) groups is 1. The van der Waals surface area contributed by atoms with Crippen LogP contribution in [0.15, 0.2) is 65.3 Å². The van der Waals surface area contributed by atoms with Crippen LogP contribution < -0.4 is 10.6 Å². The first-order chi connectivity index (χ1) is 12.5. The van der Waals surface area contributed by atoms with Crippen LogP contribution in [0.4, 0.5) is 10.1 Å². The number of amides is 2. The molecule has 26 heavy (non-hydrogen) atoms. The minimum absolute atomic E-state index is 0.236. The average Bonchev–Trinajstić information content (AvgIpc) is 2.92. The molecule has 3 rings (SSSR count). The molecule has 2 aromatic carbocycles. The molecule has 132 valence electrons. The molecular formula is C19H16FN3O2S. The molecule has 0 aromatic heterocycles. The number of nitrogens with zero attached hydrogens (tertiary/aromatic N) is 2. The van der Waals surface area contributed by atoms with E-state index in [1.54, 1.807) is 13.0 Å². The molecule has 2 aromatic rings. The monoisotopic (exact) mass is 369 g/mol. The van der Waals surface area contributed by atoms with Gasteiger partial charge in [-0.15, -0.1) is 0 Å². The SMILES string of the molecule is CC(SC1=N/C(=C\c2ccccc2)C(=O)N1c1ccc(F)cc1)C(N)=O. The first kappa shape index (κ1) is 17.9. The van der Waals surface area contributed by atoms with Gasteiger partial charge in [0.05, 0.1) is 10.9 Å². The van der Waals surface area contributed by atoms with Gasteiger partial charge in [0, 0.05) is 0 Å². The van der Waals surface area contributed by atoms with E-state index in [-0.39, 0.29) is 11.6 Å². The maximum absolute atomic E-state index is 13.2. The Morgan fingerprint density at radius 1 is 1.19 bits per heavy atom. The number of nitrogens with two attached hydrogens (primary N) is 1. The quantitative estimate of drug-likeness (QED) is 0.841. The predicted octanol–water partition coefficient (Wildman–Crippen LogP) is 3.18. The molecule has 1 aliphatic rings. The van der Waals surface area contributed by atoms with Gasteiger partial charge in [0.1, 0.15) is 11.5 Å². The van der Waals surface area contributed by atoms with E-state index in [1.807, 2.05) is 30.3 Å². The highest BCUT2D eigenvalue weighted by Crippen LogP contribution is 2.31. The second kappa shape index (κ2) is 7.53. The highest BCUT2D eigenvalue weighted by atomic mass is 32.2. The molecule has 0 bridgehead atoms. The fourth-order valence-electron chi connectivity index (χ4n) is 2.32. The van der Waals surface area contributed by atoms with Crippen molar-refractivity contribution in [2.45, 2.75) is 12.2 Å². The first-order valence-corrected chi connectivity index (χ1v) is 8.75. The maximum Gasteiger partial charge on any atom is 0.283 e. The molecule has 0 saturated heterocycles. The van der Waals surface area contributed by atoms with Crippen molar-refractivity contribution in [1.29, 1.82) is 0 Å². The number of halogens is 1. The van der Waals surface area contributed by atoms with Crippen molar-refractivity contribution in [2.24, 2.45) is 10.7 Å². The number of hydrogen-bond acceptors (Lipinski definition) is 4. The van der Waals surface area contributed by atoms with Crippen LogP contribution in [0.3, 0.4) is 0 Å². The Kier molecular flexibility index (Phi) is 5.18. The Morgan fingerprint density at radius 3 is 2.46 bits per heavy atom. The lowest BCUT2D eigenvalue weighted by molar-refractivity contribution is -0.117. The molecule has 0 radical (unpaired) electrons. The van der Waals surface area contributed by atoms with Gasteiger partial charge in [-0.3, -0.25) is 14.5 Å². The molecular weight excluding hydrogens is 353 g/mol. The normalized spacial score (nSPS) is 16.7. The summed E-state index contributed by atoms with van der Waals surface area (Å²) in [6, 6.07) is 14.8. The van der Waals surface area contributed by atoms with E-state index < -0.39 is 17.0 Å². The van der Waals surface area contributed by atoms with E-state index in [1.165, 1.54) is 29.2 Å². The molecule has 1 heterocycles. The van der Waals surface area contributed by atoms with Crippen LogP contribution in [0.25, 0.3) is 6.08 Å². The second-order valence-corrected chi connectivity index (χ2v) is 6.92. The number of amidine groups is 1. The minimum atomic E-state index is -0.569. The van der Waals surface area contributed by atoms with Crippen molar-refractivity contribution < 1.29 is 14.0 Å². The molecule has 0 fully saturated rings. The summed E-state index contributed by atoms with van der Waals surface area (Å²) < 4.78 is 13.2. The number of carbonyl (C=O) groups is 2. The van der Waals surface area contributed by atoms with Gasteiger partial charge >= 0.3 is 0 Å². The molecule has 1 atom stereocenters. The summed E-state index contributed by atoms with van der Waals surface area (Å²) in [5.41, 5.74) is 6.86. The number of benzene rings is 2. The average molecular weight is 369 g/mol. The number of primary amides is 1. The number of aliphatic imine (C=N–C) groups is 1. The Labute approximate surface area is 154 Å². The third-order valence-electron chi connectivity index (χ3n) is 3.70. The van der Waals surface area contributed by atoms with Gasteiger partial charge in [0.25, 0.3) is 5.91 Å². The Hall–Kier alpha value is -2.93. The van der Waals surface area contributed by atoms with Gasteiger partial charge in [-0.2, -0.15) is 0 Å². The molecule has 2 N–H and O–H groups in total. The van der Waals surface area contributed by atoms with E-state index in [2.05, 4.69) is 4.99 Å². The highest BCUT2D eigenvalue weighted by Gasteiger charge is 2.33. The Balaban J connectivity index is 2.00. The number of hydrogen-bond donors (Lipinski definition) is 1. The molecule has 0 aliphatic carbocycles. The van der Waals surface area contributed by atoms with Crippen molar-refractivity contribution >= 4 is 40.5 Å². The molecule has 1 aliphatic heterocycles. The van der Waals surface area contributed by atoms with Crippen LogP contribution in [-0.2, 0) is 9.59 Å². The summed E-state index contributed by atoms with van der Waals surface area (Å²) in [6.07, 6.45) is 1.67. The van der Waals surface area contributed by atoms with Crippen LogP contribution in [0, 0.1) is 5.82 Å². The summed E-state index contributed by atoms with van der Waals surface area (Å²) in [4.78, 5) is 30.0. The van der Waals surface area contributed by atoms with Gasteiger partial charge < -0.3 is 5.73 Å². The van der Waals surface area contributed by atoms with E-state index in [0.717, 1.165) is 17.3 Å².